The Morgan fingerprint density at radius 3 is 2.52 bits per heavy atom. The van der Waals surface area contributed by atoms with Crippen LogP contribution in [0.2, 0.25) is 15.1 Å². The molecule has 1 N–H and O–H groups in total. The number of halogens is 3. The van der Waals surface area contributed by atoms with Crippen molar-refractivity contribution in [3.8, 4) is 11.5 Å². The normalized spacial score (nSPS) is 10.8. The number of nitrogens with one attached hydrogen (secondary N) is 1. The van der Waals surface area contributed by atoms with E-state index < -0.39 is 0 Å². The number of benzene rings is 2. The molecule has 0 aliphatic carbocycles. The van der Waals surface area contributed by atoms with Crippen molar-refractivity contribution in [2.75, 3.05) is 14.2 Å². The van der Waals surface area contributed by atoms with Gasteiger partial charge in [0.1, 0.15) is 6.61 Å². The SMILES string of the molecule is CN/N=C/c1ccc(OCc2c(Cl)ccc(Cl)c2Cl)c(OC)c1. The van der Waals surface area contributed by atoms with Gasteiger partial charge in [0.05, 0.1) is 23.4 Å². The minimum atomic E-state index is 0.179. The topological polar surface area (TPSA) is 42.9 Å². The molecule has 0 spiro atoms. The van der Waals surface area contributed by atoms with E-state index in [0.29, 0.717) is 32.1 Å². The van der Waals surface area contributed by atoms with Crippen molar-refractivity contribution < 1.29 is 9.47 Å². The van der Waals surface area contributed by atoms with Crippen LogP contribution < -0.4 is 14.9 Å². The second-order valence-electron chi connectivity index (χ2n) is 4.50. The Bertz CT molecular complexity index is 721. The number of methoxy groups -OCH3 is 1. The maximum absolute atomic E-state index is 6.17. The van der Waals surface area contributed by atoms with Crippen molar-refractivity contribution in [1.29, 1.82) is 0 Å². The van der Waals surface area contributed by atoms with E-state index >= 15 is 0 Å². The van der Waals surface area contributed by atoms with Crippen LogP contribution >= 0.6 is 34.8 Å². The number of ether oxygens (including phenoxy) is 2. The minimum Gasteiger partial charge on any atom is -0.493 e. The summed E-state index contributed by atoms with van der Waals surface area (Å²) >= 11 is 18.3. The highest BCUT2D eigenvalue weighted by molar-refractivity contribution is 6.44. The van der Waals surface area contributed by atoms with E-state index in [4.69, 9.17) is 44.3 Å². The lowest BCUT2D eigenvalue weighted by Crippen LogP contribution is -2.00. The molecule has 0 radical (unpaired) electrons. The third kappa shape index (κ3) is 4.44. The Morgan fingerprint density at radius 2 is 1.83 bits per heavy atom. The summed E-state index contributed by atoms with van der Waals surface area (Å²) in [4.78, 5) is 0. The monoisotopic (exact) mass is 372 g/mol. The summed E-state index contributed by atoms with van der Waals surface area (Å²) in [5.74, 6) is 1.15. The van der Waals surface area contributed by atoms with Crippen LogP contribution in [0, 0.1) is 0 Å². The van der Waals surface area contributed by atoms with E-state index in [1.807, 2.05) is 12.1 Å². The molecule has 0 bridgehead atoms. The summed E-state index contributed by atoms with van der Waals surface area (Å²) in [5.41, 5.74) is 4.19. The molecule has 0 aliphatic rings. The lowest BCUT2D eigenvalue weighted by atomic mass is 10.2. The summed E-state index contributed by atoms with van der Waals surface area (Å²) in [6, 6.07) is 8.80. The maximum atomic E-state index is 6.17. The van der Waals surface area contributed by atoms with E-state index in [-0.39, 0.29) is 6.61 Å². The zero-order valence-electron chi connectivity index (χ0n) is 12.6. The first-order chi connectivity index (χ1) is 11.1. The Kier molecular flexibility index (Phi) is 6.39. The van der Waals surface area contributed by atoms with Gasteiger partial charge in [-0.1, -0.05) is 34.8 Å². The summed E-state index contributed by atoms with van der Waals surface area (Å²) in [5, 5.41) is 5.26. The average molecular weight is 374 g/mol. The van der Waals surface area contributed by atoms with Gasteiger partial charge in [-0.25, -0.2) is 0 Å². The van der Waals surface area contributed by atoms with Crippen LogP contribution in [0.3, 0.4) is 0 Å². The van der Waals surface area contributed by atoms with Gasteiger partial charge < -0.3 is 14.9 Å². The van der Waals surface area contributed by atoms with Crippen LogP contribution in [0.25, 0.3) is 0 Å². The van der Waals surface area contributed by atoms with E-state index in [1.54, 1.807) is 38.6 Å². The molecule has 2 aromatic carbocycles. The van der Waals surface area contributed by atoms with Crippen LogP contribution in [0.15, 0.2) is 35.4 Å². The highest BCUT2D eigenvalue weighted by Gasteiger charge is 2.12. The van der Waals surface area contributed by atoms with E-state index in [0.717, 1.165) is 5.56 Å². The number of hydrogen-bond donors (Lipinski definition) is 1. The van der Waals surface area contributed by atoms with Crippen LogP contribution in [-0.4, -0.2) is 20.4 Å². The molecule has 2 aromatic rings. The van der Waals surface area contributed by atoms with Crippen molar-refractivity contribution in [2.45, 2.75) is 6.61 Å². The van der Waals surface area contributed by atoms with E-state index in [9.17, 15) is 0 Å². The van der Waals surface area contributed by atoms with Gasteiger partial charge in [0.2, 0.25) is 0 Å². The number of nitrogens with zero attached hydrogens (tertiary/aromatic N) is 1. The van der Waals surface area contributed by atoms with Gasteiger partial charge in [0, 0.05) is 17.6 Å². The molecule has 0 fully saturated rings. The molecule has 0 aromatic heterocycles. The van der Waals surface area contributed by atoms with E-state index in [2.05, 4.69) is 10.5 Å². The maximum Gasteiger partial charge on any atom is 0.161 e. The summed E-state index contributed by atoms with van der Waals surface area (Å²) in [6.45, 7) is 0.179. The fraction of sp³-hybridized carbons (Fsp3) is 0.188. The second-order valence-corrected chi connectivity index (χ2v) is 5.69. The molecule has 2 rings (SSSR count). The highest BCUT2D eigenvalue weighted by atomic mass is 35.5. The molecule has 0 aliphatic heterocycles. The molecule has 0 heterocycles. The lowest BCUT2D eigenvalue weighted by molar-refractivity contribution is 0.284. The third-order valence-electron chi connectivity index (χ3n) is 3.04. The predicted octanol–water partition coefficient (Wildman–Crippen LogP) is 4.79. The van der Waals surface area contributed by atoms with E-state index in [1.165, 1.54) is 0 Å². The number of hydrogen-bond acceptors (Lipinski definition) is 4. The van der Waals surface area contributed by atoms with Gasteiger partial charge >= 0.3 is 0 Å². The number of rotatable bonds is 6. The smallest absolute Gasteiger partial charge is 0.161 e. The van der Waals surface area contributed by atoms with Crippen molar-refractivity contribution in [2.24, 2.45) is 5.10 Å². The summed E-state index contributed by atoms with van der Waals surface area (Å²) < 4.78 is 11.1. The van der Waals surface area contributed by atoms with Crippen molar-refractivity contribution in [1.82, 2.24) is 5.43 Å². The van der Waals surface area contributed by atoms with Gasteiger partial charge in [-0.05, 0) is 35.9 Å². The summed E-state index contributed by atoms with van der Waals surface area (Å²) in [6.07, 6.45) is 1.68. The number of hydrazone groups is 1. The molecule has 0 saturated heterocycles. The first kappa shape index (κ1) is 17.7. The molecular formula is C16H15Cl3N2O2. The van der Waals surface area contributed by atoms with Crippen molar-refractivity contribution in [3.63, 3.8) is 0 Å². The van der Waals surface area contributed by atoms with Crippen LogP contribution in [0.1, 0.15) is 11.1 Å². The first-order valence-electron chi connectivity index (χ1n) is 6.69. The van der Waals surface area contributed by atoms with Crippen molar-refractivity contribution in [3.05, 3.63) is 56.5 Å². The molecule has 0 amide bonds. The van der Waals surface area contributed by atoms with Gasteiger partial charge in [0.25, 0.3) is 0 Å². The Hall–Kier alpha value is -1.62. The molecule has 0 unspecified atom stereocenters. The first-order valence-corrected chi connectivity index (χ1v) is 7.83. The molecule has 23 heavy (non-hydrogen) atoms. The van der Waals surface area contributed by atoms with Gasteiger partial charge in [0.15, 0.2) is 11.5 Å². The highest BCUT2D eigenvalue weighted by Crippen LogP contribution is 2.34. The van der Waals surface area contributed by atoms with Crippen molar-refractivity contribution >= 4 is 41.0 Å². The van der Waals surface area contributed by atoms with Gasteiger partial charge in [-0.3, -0.25) is 0 Å². The van der Waals surface area contributed by atoms with Crippen LogP contribution in [0.4, 0.5) is 0 Å². The minimum absolute atomic E-state index is 0.179. The molecular weight excluding hydrogens is 359 g/mol. The fourth-order valence-electron chi connectivity index (χ4n) is 1.87. The predicted molar refractivity (Wildman–Crippen MR) is 95.5 cm³/mol. The fourth-order valence-corrected chi connectivity index (χ4v) is 2.53. The quantitative estimate of drug-likeness (QED) is 0.450. The Balaban J connectivity index is 2.21. The van der Waals surface area contributed by atoms with Crippen LogP contribution in [-0.2, 0) is 6.61 Å². The summed E-state index contributed by atoms with van der Waals surface area (Å²) in [7, 11) is 3.30. The third-order valence-corrected chi connectivity index (χ3v) is 4.24. The molecule has 0 atom stereocenters. The molecule has 4 nitrogen and oxygen atoms in total. The van der Waals surface area contributed by atoms with Crippen LogP contribution in [0.5, 0.6) is 11.5 Å². The lowest BCUT2D eigenvalue weighted by Gasteiger charge is -2.13. The molecule has 0 saturated carbocycles. The second kappa shape index (κ2) is 8.29. The molecule has 7 heteroatoms. The van der Waals surface area contributed by atoms with Gasteiger partial charge in [-0.2, -0.15) is 5.10 Å². The zero-order valence-corrected chi connectivity index (χ0v) is 14.8. The average Bonchev–Trinajstić information content (AvgIpc) is 2.57. The van der Waals surface area contributed by atoms with Gasteiger partial charge in [-0.15, -0.1) is 0 Å². The zero-order chi connectivity index (χ0) is 16.8. The largest absolute Gasteiger partial charge is 0.493 e. The Labute approximate surface area is 150 Å². The Morgan fingerprint density at radius 1 is 1.09 bits per heavy atom. The molecule has 122 valence electrons. The standard InChI is InChI=1S/C16H15Cl3N2O2/c1-20-21-8-10-3-6-14(15(7-10)22-2)23-9-11-12(17)4-5-13(18)16(11)19/h3-8,20H,9H2,1-2H3/b21-8+.